The monoisotopic (exact) mass is 250 g/mol. The lowest BCUT2D eigenvalue weighted by atomic mass is 10.2. The van der Waals surface area contributed by atoms with Gasteiger partial charge in [-0.15, -0.1) is 0 Å². The molecule has 1 aliphatic rings. The summed E-state index contributed by atoms with van der Waals surface area (Å²) in [6.45, 7) is 10.5. The van der Waals surface area contributed by atoms with Crippen LogP contribution in [-0.4, -0.2) is 30.1 Å². The fourth-order valence-corrected chi connectivity index (χ4v) is 1.38. The number of hydrogen-bond acceptors (Lipinski definition) is 2. The Morgan fingerprint density at radius 1 is 1.17 bits per heavy atom. The van der Waals surface area contributed by atoms with E-state index in [9.17, 15) is 4.79 Å². The first-order valence-electron chi connectivity index (χ1n) is 6.47. The number of carbonyl (C=O) groups excluding carboxylic acids is 1. The predicted octanol–water partition coefficient (Wildman–Crippen LogP) is 2.81. The van der Waals surface area contributed by atoms with Gasteiger partial charge in [-0.05, 0) is 20.8 Å². The molecular weight excluding hydrogens is 224 g/mol. The summed E-state index contributed by atoms with van der Waals surface area (Å²) in [5.41, 5.74) is 1.18. The Balaban J connectivity index is 0.000000289. The lowest BCUT2D eigenvalue weighted by Gasteiger charge is -2.26. The smallest absolute Gasteiger partial charge is 0.237 e. The zero-order chi connectivity index (χ0) is 14.2. The van der Waals surface area contributed by atoms with E-state index in [1.54, 1.807) is 4.90 Å². The normalized spacial score (nSPS) is 16.3. The average Bonchev–Trinajstić information content (AvgIpc) is 2.61. The van der Waals surface area contributed by atoms with Gasteiger partial charge in [0.25, 0.3) is 0 Å². The van der Waals surface area contributed by atoms with Crippen molar-refractivity contribution >= 4 is 5.91 Å². The first-order valence-corrected chi connectivity index (χ1v) is 6.47. The van der Waals surface area contributed by atoms with E-state index in [1.807, 2.05) is 52.9 Å². The molecule has 1 fully saturated rings. The molecule has 1 aromatic carbocycles. The van der Waals surface area contributed by atoms with Gasteiger partial charge in [0.15, 0.2) is 0 Å². The second kappa shape index (κ2) is 7.88. The topological polar surface area (TPSA) is 32.3 Å². The molecule has 1 aliphatic heterocycles. The maximum atomic E-state index is 10.9. The van der Waals surface area contributed by atoms with Gasteiger partial charge in [-0.2, -0.15) is 0 Å². The van der Waals surface area contributed by atoms with Crippen molar-refractivity contribution in [1.29, 1.82) is 0 Å². The van der Waals surface area contributed by atoms with Crippen LogP contribution in [0.1, 0.15) is 33.3 Å². The molecule has 3 nitrogen and oxygen atoms in total. The van der Waals surface area contributed by atoms with E-state index < -0.39 is 0 Å². The first kappa shape index (κ1) is 16.6. The second-order valence-corrected chi connectivity index (χ2v) is 4.52. The molecule has 0 spiro atoms. The van der Waals surface area contributed by atoms with E-state index in [0.29, 0.717) is 6.54 Å². The maximum Gasteiger partial charge on any atom is 0.237 e. The minimum atomic E-state index is -0.142. The third-order valence-corrected chi connectivity index (χ3v) is 2.83. The van der Waals surface area contributed by atoms with Crippen molar-refractivity contribution < 1.29 is 4.79 Å². The molecule has 0 aromatic heterocycles. The van der Waals surface area contributed by atoms with Gasteiger partial charge in [0.1, 0.15) is 0 Å². The van der Waals surface area contributed by atoms with Gasteiger partial charge >= 0.3 is 0 Å². The highest BCUT2D eigenvalue weighted by atomic mass is 16.2. The maximum absolute atomic E-state index is 10.9. The van der Waals surface area contributed by atoms with Crippen LogP contribution in [0.5, 0.6) is 0 Å². The Hall–Kier alpha value is -1.35. The number of hydrogen-bond donors (Lipinski definition) is 1. The van der Waals surface area contributed by atoms with Crippen molar-refractivity contribution in [3.05, 3.63) is 35.9 Å². The summed E-state index contributed by atoms with van der Waals surface area (Å²) in [6.07, 6.45) is 0. The summed E-state index contributed by atoms with van der Waals surface area (Å²) in [5, 5.41) is 3.07. The third-order valence-electron chi connectivity index (χ3n) is 2.83. The first-order chi connectivity index (χ1) is 8.43. The summed E-state index contributed by atoms with van der Waals surface area (Å²) in [5.74, 6) is 0.167. The van der Waals surface area contributed by atoms with Crippen LogP contribution in [0.4, 0.5) is 0 Å². The number of nitrogens with zero attached hydrogens (tertiary/aromatic N) is 1. The molecule has 1 amide bonds. The van der Waals surface area contributed by atoms with Gasteiger partial charge in [-0.3, -0.25) is 10.1 Å². The lowest BCUT2D eigenvalue weighted by molar-refractivity contribution is -0.128. The van der Waals surface area contributed by atoms with Crippen LogP contribution in [0.2, 0.25) is 0 Å². The number of carbonyl (C=O) groups is 1. The van der Waals surface area contributed by atoms with Crippen molar-refractivity contribution in [2.24, 2.45) is 0 Å². The van der Waals surface area contributed by atoms with Gasteiger partial charge in [-0.1, -0.05) is 49.7 Å². The standard InChI is InChI=1S/C7H8.C6H12N2O.C2H6/c1-7-5-3-2-4-6-7;1-6(2)7-4-5(9)8(6)3;1-2/h2-6H,1H3;7H,4H2,1-3H3;1-2H3. The molecule has 0 atom stereocenters. The molecule has 3 heteroatoms. The lowest BCUT2D eigenvalue weighted by Crippen LogP contribution is -2.44. The molecule has 0 saturated carbocycles. The highest BCUT2D eigenvalue weighted by Crippen LogP contribution is 2.12. The number of likely N-dealkylation sites (N-methyl/N-ethyl adjacent to an activating group) is 1. The Morgan fingerprint density at radius 2 is 1.67 bits per heavy atom. The molecular formula is C15H26N2O. The van der Waals surface area contributed by atoms with E-state index >= 15 is 0 Å². The van der Waals surface area contributed by atoms with Gasteiger partial charge in [0.05, 0.1) is 12.2 Å². The number of nitrogens with one attached hydrogen (secondary N) is 1. The zero-order valence-electron chi connectivity index (χ0n) is 12.4. The third kappa shape index (κ3) is 5.32. The fourth-order valence-electron chi connectivity index (χ4n) is 1.38. The van der Waals surface area contributed by atoms with E-state index in [1.165, 1.54) is 5.56 Å². The van der Waals surface area contributed by atoms with Crippen LogP contribution in [0.3, 0.4) is 0 Å². The molecule has 1 saturated heterocycles. The number of aryl methyl sites for hydroxylation is 1. The minimum absolute atomic E-state index is 0.142. The van der Waals surface area contributed by atoms with Crippen LogP contribution >= 0.6 is 0 Å². The van der Waals surface area contributed by atoms with Crippen LogP contribution in [0, 0.1) is 6.92 Å². The average molecular weight is 250 g/mol. The Bertz CT molecular complexity index is 347. The summed E-state index contributed by atoms with van der Waals surface area (Å²) >= 11 is 0. The molecule has 0 aliphatic carbocycles. The van der Waals surface area contributed by atoms with Gasteiger partial charge in [0, 0.05) is 7.05 Å². The van der Waals surface area contributed by atoms with Crippen LogP contribution < -0.4 is 5.32 Å². The summed E-state index contributed by atoms with van der Waals surface area (Å²) < 4.78 is 0. The van der Waals surface area contributed by atoms with E-state index in [-0.39, 0.29) is 11.6 Å². The number of amides is 1. The quantitative estimate of drug-likeness (QED) is 0.768. The van der Waals surface area contributed by atoms with E-state index in [4.69, 9.17) is 0 Å². The van der Waals surface area contributed by atoms with Crippen LogP contribution in [-0.2, 0) is 4.79 Å². The number of benzene rings is 1. The molecule has 1 N–H and O–H groups in total. The van der Waals surface area contributed by atoms with Crippen LogP contribution in [0.15, 0.2) is 30.3 Å². The predicted molar refractivity (Wildman–Crippen MR) is 77.4 cm³/mol. The summed E-state index contributed by atoms with van der Waals surface area (Å²) in [7, 11) is 1.81. The highest BCUT2D eigenvalue weighted by molar-refractivity contribution is 5.80. The van der Waals surface area contributed by atoms with E-state index in [0.717, 1.165) is 0 Å². The van der Waals surface area contributed by atoms with Crippen molar-refractivity contribution in [2.75, 3.05) is 13.6 Å². The fraction of sp³-hybridized carbons (Fsp3) is 0.533. The Kier molecular flexibility index (Phi) is 7.29. The molecule has 1 aromatic rings. The highest BCUT2D eigenvalue weighted by Gasteiger charge is 2.33. The van der Waals surface area contributed by atoms with Crippen molar-refractivity contribution in [1.82, 2.24) is 10.2 Å². The van der Waals surface area contributed by atoms with Crippen molar-refractivity contribution in [3.8, 4) is 0 Å². The molecule has 102 valence electrons. The summed E-state index contributed by atoms with van der Waals surface area (Å²) in [6, 6.07) is 10.3. The van der Waals surface area contributed by atoms with Crippen molar-refractivity contribution in [3.63, 3.8) is 0 Å². The van der Waals surface area contributed by atoms with Gasteiger partial charge in [-0.25, -0.2) is 0 Å². The molecule has 18 heavy (non-hydrogen) atoms. The molecule has 0 unspecified atom stereocenters. The van der Waals surface area contributed by atoms with Gasteiger partial charge < -0.3 is 4.90 Å². The van der Waals surface area contributed by atoms with Crippen LogP contribution in [0.25, 0.3) is 0 Å². The zero-order valence-corrected chi connectivity index (χ0v) is 12.4. The SMILES string of the molecule is CC.CN1C(=O)CNC1(C)C.Cc1ccccc1. The number of rotatable bonds is 0. The minimum Gasteiger partial charge on any atom is -0.327 e. The second-order valence-electron chi connectivity index (χ2n) is 4.52. The molecule has 0 bridgehead atoms. The Labute approximate surface area is 111 Å². The Morgan fingerprint density at radius 3 is 1.83 bits per heavy atom. The molecule has 0 radical (unpaired) electrons. The van der Waals surface area contributed by atoms with Crippen molar-refractivity contribution in [2.45, 2.75) is 40.3 Å². The van der Waals surface area contributed by atoms with E-state index in [2.05, 4.69) is 24.4 Å². The largest absolute Gasteiger partial charge is 0.327 e. The van der Waals surface area contributed by atoms with Gasteiger partial charge in [0.2, 0.25) is 5.91 Å². The molecule has 1 heterocycles. The summed E-state index contributed by atoms with van der Waals surface area (Å²) in [4.78, 5) is 12.6. The molecule has 2 rings (SSSR count).